The van der Waals surface area contributed by atoms with Crippen molar-refractivity contribution in [1.29, 1.82) is 0 Å². The lowest BCUT2D eigenvalue weighted by atomic mass is 10.2. The van der Waals surface area contributed by atoms with E-state index in [1.165, 1.54) is 0 Å². The summed E-state index contributed by atoms with van der Waals surface area (Å²) in [6.45, 7) is 4.24. The van der Waals surface area contributed by atoms with Gasteiger partial charge in [-0.3, -0.25) is 4.21 Å². The SMILES string of the molecule is Cc1cc(NCC(C)NS(=O)[O-])ccc1N. The Hall–Kier alpha value is -1.11. The van der Waals surface area contributed by atoms with Crippen LogP contribution >= 0.6 is 0 Å². The second kappa shape index (κ2) is 5.83. The van der Waals surface area contributed by atoms with E-state index < -0.39 is 11.3 Å². The van der Waals surface area contributed by atoms with E-state index in [-0.39, 0.29) is 6.04 Å². The summed E-state index contributed by atoms with van der Waals surface area (Å²) < 4.78 is 23.1. The Morgan fingerprint density at radius 1 is 1.56 bits per heavy atom. The molecule has 0 saturated heterocycles. The third-order valence-corrected chi connectivity index (χ3v) is 2.77. The number of hydrogen-bond acceptors (Lipinski definition) is 4. The Morgan fingerprint density at radius 3 is 2.81 bits per heavy atom. The van der Waals surface area contributed by atoms with Crippen LogP contribution in [-0.2, 0) is 11.3 Å². The topological polar surface area (TPSA) is 90.2 Å². The molecule has 0 saturated carbocycles. The zero-order valence-corrected chi connectivity index (χ0v) is 10.1. The van der Waals surface area contributed by atoms with Crippen molar-refractivity contribution in [2.75, 3.05) is 17.6 Å². The van der Waals surface area contributed by atoms with Crippen molar-refractivity contribution < 1.29 is 8.76 Å². The van der Waals surface area contributed by atoms with Crippen LogP contribution in [0.1, 0.15) is 12.5 Å². The van der Waals surface area contributed by atoms with E-state index in [1.807, 2.05) is 25.1 Å². The number of benzene rings is 1. The standard InChI is InChI=1S/C10H17N3O2S/c1-7-5-9(3-4-10(7)11)12-6-8(2)13-16(14)15/h3-5,8,12-13H,6,11H2,1-2H3,(H,14,15)/p-1. The van der Waals surface area contributed by atoms with Gasteiger partial charge >= 0.3 is 0 Å². The highest BCUT2D eigenvalue weighted by atomic mass is 32.2. The molecule has 6 heteroatoms. The maximum atomic E-state index is 10.4. The molecular formula is C10H16N3O2S-. The monoisotopic (exact) mass is 242 g/mol. The zero-order chi connectivity index (χ0) is 12.1. The molecular weight excluding hydrogens is 226 g/mol. The number of hydrogen-bond donors (Lipinski definition) is 3. The Morgan fingerprint density at radius 2 is 2.25 bits per heavy atom. The fourth-order valence-corrected chi connectivity index (χ4v) is 1.67. The molecule has 1 aromatic rings. The van der Waals surface area contributed by atoms with E-state index in [0.717, 1.165) is 16.9 Å². The smallest absolute Gasteiger partial charge is 0.0345 e. The van der Waals surface area contributed by atoms with E-state index in [0.29, 0.717) is 6.54 Å². The number of anilines is 2. The largest absolute Gasteiger partial charge is 0.760 e. The molecule has 0 amide bonds. The number of nitrogen functional groups attached to an aromatic ring is 1. The third-order valence-electron chi connectivity index (χ3n) is 2.18. The molecule has 1 rings (SSSR count). The summed E-state index contributed by atoms with van der Waals surface area (Å²) in [5, 5.41) is 3.13. The molecule has 0 spiro atoms. The molecule has 4 N–H and O–H groups in total. The van der Waals surface area contributed by atoms with Crippen molar-refractivity contribution in [3.8, 4) is 0 Å². The molecule has 2 unspecified atom stereocenters. The van der Waals surface area contributed by atoms with E-state index in [4.69, 9.17) is 5.73 Å². The van der Waals surface area contributed by atoms with Crippen molar-refractivity contribution >= 4 is 22.6 Å². The van der Waals surface area contributed by atoms with Gasteiger partial charge in [-0.15, -0.1) is 0 Å². The highest BCUT2D eigenvalue weighted by Gasteiger charge is 2.01. The first kappa shape index (κ1) is 13.0. The number of nitrogens with two attached hydrogens (primary N) is 1. The van der Waals surface area contributed by atoms with Gasteiger partial charge in [-0.2, -0.15) is 0 Å². The van der Waals surface area contributed by atoms with Gasteiger partial charge in [-0.05, 0) is 37.6 Å². The van der Waals surface area contributed by atoms with Crippen LogP contribution in [0.25, 0.3) is 0 Å². The average Bonchev–Trinajstić information content (AvgIpc) is 2.19. The lowest BCUT2D eigenvalue weighted by molar-refractivity contribution is 0.511. The van der Waals surface area contributed by atoms with Crippen LogP contribution in [0.2, 0.25) is 0 Å². The summed E-state index contributed by atoms with van der Waals surface area (Å²) in [5.74, 6) is 0. The summed E-state index contributed by atoms with van der Waals surface area (Å²) in [6.07, 6.45) is 0. The van der Waals surface area contributed by atoms with Crippen molar-refractivity contribution in [3.05, 3.63) is 23.8 Å². The molecule has 0 bridgehead atoms. The van der Waals surface area contributed by atoms with E-state index in [9.17, 15) is 8.76 Å². The minimum absolute atomic E-state index is 0.156. The molecule has 0 fully saturated rings. The quantitative estimate of drug-likeness (QED) is 0.525. The van der Waals surface area contributed by atoms with Crippen LogP contribution in [0.4, 0.5) is 11.4 Å². The van der Waals surface area contributed by atoms with Gasteiger partial charge in [0, 0.05) is 35.2 Å². The molecule has 2 atom stereocenters. The van der Waals surface area contributed by atoms with Gasteiger partial charge in [0.1, 0.15) is 0 Å². The van der Waals surface area contributed by atoms with Crippen molar-refractivity contribution in [2.45, 2.75) is 19.9 Å². The molecule has 16 heavy (non-hydrogen) atoms. The number of aryl methyl sites for hydroxylation is 1. The zero-order valence-electron chi connectivity index (χ0n) is 9.32. The average molecular weight is 242 g/mol. The Bertz CT molecular complexity index is 384. The van der Waals surface area contributed by atoms with E-state index in [1.54, 1.807) is 6.92 Å². The molecule has 0 aliphatic rings. The first-order valence-electron chi connectivity index (χ1n) is 4.94. The molecule has 90 valence electrons. The van der Waals surface area contributed by atoms with Crippen molar-refractivity contribution in [3.63, 3.8) is 0 Å². The summed E-state index contributed by atoms with van der Waals surface area (Å²) in [6, 6.07) is 5.46. The summed E-state index contributed by atoms with van der Waals surface area (Å²) >= 11 is -2.22. The molecule has 0 heterocycles. The van der Waals surface area contributed by atoms with E-state index in [2.05, 4.69) is 10.0 Å². The van der Waals surface area contributed by atoms with Crippen LogP contribution in [0, 0.1) is 6.92 Å². The Balaban J connectivity index is 2.48. The van der Waals surface area contributed by atoms with Gasteiger partial charge < -0.3 is 15.6 Å². The van der Waals surface area contributed by atoms with Crippen LogP contribution in [0.3, 0.4) is 0 Å². The predicted octanol–water partition coefficient (Wildman–Crippen LogP) is 0.761. The van der Waals surface area contributed by atoms with Crippen molar-refractivity contribution in [1.82, 2.24) is 4.72 Å². The summed E-state index contributed by atoms with van der Waals surface area (Å²) in [5.41, 5.74) is 8.36. The van der Waals surface area contributed by atoms with Gasteiger partial charge in [0.05, 0.1) is 0 Å². The summed E-state index contributed by atoms with van der Waals surface area (Å²) in [7, 11) is 0. The van der Waals surface area contributed by atoms with Gasteiger partial charge in [-0.25, -0.2) is 4.72 Å². The Kier molecular flexibility index (Phi) is 4.72. The Labute approximate surface area is 97.8 Å². The summed E-state index contributed by atoms with van der Waals surface area (Å²) in [4.78, 5) is 0. The highest BCUT2D eigenvalue weighted by Crippen LogP contribution is 2.16. The third kappa shape index (κ3) is 4.18. The molecule has 0 aliphatic carbocycles. The lowest BCUT2D eigenvalue weighted by Gasteiger charge is -2.17. The maximum absolute atomic E-state index is 10.4. The van der Waals surface area contributed by atoms with Gasteiger partial charge in [0.25, 0.3) is 0 Å². The number of nitrogens with one attached hydrogen (secondary N) is 2. The fourth-order valence-electron chi connectivity index (χ4n) is 1.26. The van der Waals surface area contributed by atoms with Crippen LogP contribution in [0.5, 0.6) is 0 Å². The van der Waals surface area contributed by atoms with Crippen LogP contribution in [0.15, 0.2) is 18.2 Å². The van der Waals surface area contributed by atoms with Crippen LogP contribution in [-0.4, -0.2) is 21.3 Å². The number of rotatable bonds is 5. The lowest BCUT2D eigenvalue weighted by Crippen LogP contribution is -2.33. The highest BCUT2D eigenvalue weighted by molar-refractivity contribution is 7.77. The minimum atomic E-state index is -2.22. The maximum Gasteiger partial charge on any atom is 0.0345 e. The minimum Gasteiger partial charge on any atom is -0.760 e. The van der Waals surface area contributed by atoms with Gasteiger partial charge in [0.2, 0.25) is 0 Å². The second-order valence-electron chi connectivity index (χ2n) is 3.71. The van der Waals surface area contributed by atoms with Crippen LogP contribution < -0.4 is 15.8 Å². The van der Waals surface area contributed by atoms with Crippen molar-refractivity contribution in [2.24, 2.45) is 0 Å². The first-order chi connectivity index (χ1) is 7.49. The molecule has 5 nitrogen and oxygen atoms in total. The molecule has 0 radical (unpaired) electrons. The normalized spacial score (nSPS) is 14.4. The molecule has 0 aliphatic heterocycles. The van der Waals surface area contributed by atoms with Gasteiger partial charge in [0.15, 0.2) is 0 Å². The predicted molar refractivity (Wildman–Crippen MR) is 65.6 cm³/mol. The molecule has 0 aromatic heterocycles. The molecule has 1 aromatic carbocycles. The van der Waals surface area contributed by atoms with Gasteiger partial charge in [-0.1, -0.05) is 0 Å². The van der Waals surface area contributed by atoms with E-state index >= 15 is 0 Å². The second-order valence-corrected chi connectivity index (χ2v) is 4.41. The first-order valence-corrected chi connectivity index (χ1v) is 6.02. The fraction of sp³-hybridized carbons (Fsp3) is 0.400.